The largest absolute Gasteiger partial charge is 0.359 e. The van der Waals surface area contributed by atoms with Crippen molar-refractivity contribution in [3.8, 4) is 0 Å². The molecule has 0 saturated heterocycles. The average Bonchev–Trinajstić information content (AvgIpc) is 2.37. The SMILES string of the molecule is CNC(=O)CCc1ccc(NC(=O)CBr)cc1. The number of anilines is 1. The standard InChI is InChI=1S/C12H15BrN2O2/c1-14-11(16)7-4-9-2-5-10(6-3-9)15-12(17)8-13/h2-3,5-6H,4,7-8H2,1H3,(H,14,16)(H,15,17). The Hall–Kier alpha value is -1.36. The number of hydrogen-bond acceptors (Lipinski definition) is 2. The molecule has 17 heavy (non-hydrogen) atoms. The van der Waals surface area contributed by atoms with Gasteiger partial charge in [-0.05, 0) is 24.1 Å². The fourth-order valence-electron chi connectivity index (χ4n) is 1.33. The van der Waals surface area contributed by atoms with E-state index in [0.717, 1.165) is 11.3 Å². The third kappa shape index (κ3) is 4.99. The van der Waals surface area contributed by atoms with Gasteiger partial charge in [0.15, 0.2) is 0 Å². The Morgan fingerprint density at radius 2 is 1.82 bits per heavy atom. The van der Waals surface area contributed by atoms with Crippen LogP contribution in [0.2, 0.25) is 0 Å². The van der Waals surface area contributed by atoms with E-state index in [4.69, 9.17) is 0 Å². The van der Waals surface area contributed by atoms with Gasteiger partial charge in [0.1, 0.15) is 0 Å². The molecule has 0 radical (unpaired) electrons. The number of rotatable bonds is 5. The summed E-state index contributed by atoms with van der Waals surface area (Å²) in [6.07, 6.45) is 1.18. The lowest BCUT2D eigenvalue weighted by molar-refractivity contribution is -0.120. The topological polar surface area (TPSA) is 58.2 Å². The molecule has 0 bridgehead atoms. The summed E-state index contributed by atoms with van der Waals surface area (Å²) in [6, 6.07) is 7.49. The zero-order chi connectivity index (χ0) is 12.7. The van der Waals surface area contributed by atoms with Crippen LogP contribution >= 0.6 is 15.9 Å². The number of amides is 2. The summed E-state index contributed by atoms with van der Waals surface area (Å²) in [5.74, 6) is -0.0511. The normalized spacial score (nSPS) is 9.76. The first-order valence-corrected chi connectivity index (χ1v) is 6.43. The van der Waals surface area contributed by atoms with Gasteiger partial charge >= 0.3 is 0 Å². The molecular weight excluding hydrogens is 284 g/mol. The number of carbonyl (C=O) groups is 2. The van der Waals surface area contributed by atoms with Gasteiger partial charge in [-0.1, -0.05) is 28.1 Å². The second-order valence-corrected chi connectivity index (χ2v) is 4.11. The van der Waals surface area contributed by atoms with Gasteiger partial charge < -0.3 is 10.6 Å². The first-order chi connectivity index (χ1) is 8.15. The van der Waals surface area contributed by atoms with Gasteiger partial charge in [0, 0.05) is 19.2 Å². The molecule has 0 saturated carbocycles. The van der Waals surface area contributed by atoms with Crippen LogP contribution in [0, 0.1) is 0 Å². The molecule has 4 nitrogen and oxygen atoms in total. The van der Waals surface area contributed by atoms with E-state index in [0.29, 0.717) is 12.8 Å². The van der Waals surface area contributed by atoms with E-state index in [1.165, 1.54) is 0 Å². The Morgan fingerprint density at radius 3 is 2.35 bits per heavy atom. The third-order valence-electron chi connectivity index (χ3n) is 2.28. The summed E-state index contributed by atoms with van der Waals surface area (Å²) < 4.78 is 0. The minimum Gasteiger partial charge on any atom is -0.359 e. The van der Waals surface area contributed by atoms with Crippen LogP contribution < -0.4 is 10.6 Å². The summed E-state index contributed by atoms with van der Waals surface area (Å²) in [5, 5.41) is 5.59. The van der Waals surface area contributed by atoms with Crippen molar-refractivity contribution in [3.63, 3.8) is 0 Å². The van der Waals surface area contributed by atoms with Crippen molar-refractivity contribution in [1.29, 1.82) is 0 Å². The molecule has 92 valence electrons. The summed E-state index contributed by atoms with van der Waals surface area (Å²) >= 11 is 3.08. The molecule has 5 heteroatoms. The van der Waals surface area contributed by atoms with E-state index >= 15 is 0 Å². The molecule has 0 aliphatic carbocycles. The van der Waals surface area contributed by atoms with Gasteiger partial charge in [-0.25, -0.2) is 0 Å². The Balaban J connectivity index is 2.50. The Morgan fingerprint density at radius 1 is 1.18 bits per heavy atom. The molecule has 0 aromatic heterocycles. The number of alkyl halides is 1. The molecular formula is C12H15BrN2O2. The monoisotopic (exact) mass is 298 g/mol. The summed E-state index contributed by atoms with van der Waals surface area (Å²) in [4.78, 5) is 22.2. The minimum absolute atomic E-state index is 0.0293. The van der Waals surface area contributed by atoms with E-state index in [2.05, 4.69) is 26.6 Å². The molecule has 1 rings (SSSR count). The molecule has 1 aromatic carbocycles. The predicted molar refractivity (Wildman–Crippen MR) is 71.3 cm³/mol. The molecule has 0 spiro atoms. The van der Waals surface area contributed by atoms with Crippen LogP contribution in [-0.2, 0) is 16.0 Å². The van der Waals surface area contributed by atoms with Crippen molar-refractivity contribution in [2.24, 2.45) is 0 Å². The van der Waals surface area contributed by atoms with Crippen LogP contribution in [0.15, 0.2) is 24.3 Å². The lowest BCUT2D eigenvalue weighted by Crippen LogP contribution is -2.17. The molecule has 0 aliphatic heterocycles. The maximum Gasteiger partial charge on any atom is 0.235 e. The van der Waals surface area contributed by atoms with Gasteiger partial charge in [0.05, 0.1) is 5.33 Å². The summed E-state index contributed by atoms with van der Waals surface area (Å²) in [5.41, 5.74) is 1.84. The molecule has 0 atom stereocenters. The number of aryl methyl sites for hydroxylation is 1. The predicted octanol–water partition coefficient (Wildman–Crippen LogP) is 1.70. The van der Waals surface area contributed by atoms with Gasteiger partial charge in [0.25, 0.3) is 0 Å². The van der Waals surface area contributed by atoms with Gasteiger partial charge in [-0.3, -0.25) is 9.59 Å². The highest BCUT2D eigenvalue weighted by molar-refractivity contribution is 9.09. The Bertz CT molecular complexity index is 390. The number of benzene rings is 1. The molecule has 0 aliphatic rings. The third-order valence-corrected chi connectivity index (χ3v) is 2.79. The lowest BCUT2D eigenvalue weighted by Gasteiger charge is -2.05. The number of nitrogens with one attached hydrogen (secondary N) is 2. The molecule has 0 heterocycles. The van der Waals surface area contributed by atoms with E-state index < -0.39 is 0 Å². The van der Waals surface area contributed by atoms with Crippen molar-refractivity contribution < 1.29 is 9.59 Å². The van der Waals surface area contributed by atoms with Gasteiger partial charge in [0.2, 0.25) is 11.8 Å². The second kappa shape index (κ2) is 7.06. The van der Waals surface area contributed by atoms with Crippen LogP contribution in [0.1, 0.15) is 12.0 Å². The van der Waals surface area contributed by atoms with Crippen molar-refractivity contribution in [2.45, 2.75) is 12.8 Å². The fourth-order valence-corrected chi connectivity index (χ4v) is 1.47. The number of halogens is 1. The zero-order valence-corrected chi connectivity index (χ0v) is 11.2. The average molecular weight is 299 g/mol. The highest BCUT2D eigenvalue weighted by Gasteiger charge is 2.01. The van der Waals surface area contributed by atoms with Crippen LogP contribution in [-0.4, -0.2) is 24.2 Å². The molecule has 0 unspecified atom stereocenters. The molecule has 1 aromatic rings. The van der Waals surface area contributed by atoms with Crippen LogP contribution in [0.25, 0.3) is 0 Å². The molecule has 2 amide bonds. The Kier molecular flexibility index (Phi) is 5.69. The first-order valence-electron chi connectivity index (χ1n) is 5.31. The van der Waals surface area contributed by atoms with Crippen molar-refractivity contribution in [3.05, 3.63) is 29.8 Å². The minimum atomic E-state index is -0.0805. The van der Waals surface area contributed by atoms with Gasteiger partial charge in [-0.2, -0.15) is 0 Å². The first kappa shape index (κ1) is 13.7. The van der Waals surface area contributed by atoms with Gasteiger partial charge in [-0.15, -0.1) is 0 Å². The maximum atomic E-state index is 11.1. The van der Waals surface area contributed by atoms with Crippen LogP contribution in [0.5, 0.6) is 0 Å². The second-order valence-electron chi connectivity index (χ2n) is 3.55. The molecule has 2 N–H and O–H groups in total. The number of carbonyl (C=O) groups excluding carboxylic acids is 2. The zero-order valence-electron chi connectivity index (χ0n) is 9.63. The maximum absolute atomic E-state index is 11.1. The number of hydrogen-bond donors (Lipinski definition) is 2. The highest BCUT2D eigenvalue weighted by atomic mass is 79.9. The highest BCUT2D eigenvalue weighted by Crippen LogP contribution is 2.11. The van der Waals surface area contributed by atoms with E-state index in [9.17, 15) is 9.59 Å². The van der Waals surface area contributed by atoms with Crippen LogP contribution in [0.4, 0.5) is 5.69 Å². The quantitative estimate of drug-likeness (QED) is 0.813. The van der Waals surface area contributed by atoms with Crippen LogP contribution in [0.3, 0.4) is 0 Å². The summed E-state index contributed by atoms with van der Waals surface area (Å²) in [6.45, 7) is 0. The van der Waals surface area contributed by atoms with E-state index in [1.54, 1.807) is 7.05 Å². The van der Waals surface area contributed by atoms with Crippen molar-refractivity contribution in [2.75, 3.05) is 17.7 Å². The van der Waals surface area contributed by atoms with E-state index in [-0.39, 0.29) is 17.1 Å². The van der Waals surface area contributed by atoms with Crippen molar-refractivity contribution in [1.82, 2.24) is 5.32 Å². The smallest absolute Gasteiger partial charge is 0.235 e. The van der Waals surface area contributed by atoms with E-state index in [1.807, 2.05) is 24.3 Å². The summed E-state index contributed by atoms with van der Waals surface area (Å²) in [7, 11) is 1.63. The lowest BCUT2D eigenvalue weighted by atomic mass is 10.1. The van der Waals surface area contributed by atoms with Crippen molar-refractivity contribution >= 4 is 33.4 Å². The molecule has 0 fully saturated rings. The Labute approximate surface area is 109 Å². The fraction of sp³-hybridized carbons (Fsp3) is 0.333.